The van der Waals surface area contributed by atoms with Crippen LogP contribution in [-0.4, -0.2) is 27.9 Å². The number of anilines is 1. The predicted molar refractivity (Wildman–Crippen MR) is 121 cm³/mol. The smallest absolute Gasteiger partial charge is 0.262 e. The molecule has 0 radical (unpaired) electrons. The van der Waals surface area contributed by atoms with E-state index in [-0.39, 0.29) is 24.6 Å². The minimum absolute atomic E-state index is 0.173. The van der Waals surface area contributed by atoms with Gasteiger partial charge in [0.15, 0.2) is 0 Å². The third kappa shape index (κ3) is 4.32. The van der Waals surface area contributed by atoms with Crippen molar-refractivity contribution in [2.45, 2.75) is 39.2 Å². The fourth-order valence-corrected chi connectivity index (χ4v) is 5.41. The van der Waals surface area contributed by atoms with E-state index in [1.54, 1.807) is 17.4 Å². The van der Waals surface area contributed by atoms with Gasteiger partial charge in [0.25, 0.3) is 5.56 Å². The second-order valence-electron chi connectivity index (χ2n) is 7.38. The van der Waals surface area contributed by atoms with E-state index in [4.69, 9.17) is 0 Å². The van der Waals surface area contributed by atoms with Gasteiger partial charge in [-0.3, -0.25) is 19.0 Å². The summed E-state index contributed by atoms with van der Waals surface area (Å²) in [7, 11) is 0. The average Bonchev–Trinajstić information content (AvgIpc) is 3.10. The number of rotatable bonds is 5. The van der Waals surface area contributed by atoms with E-state index in [2.05, 4.69) is 31.5 Å². The Morgan fingerprint density at radius 3 is 2.83 bits per heavy atom. The quantitative estimate of drug-likeness (QED) is 0.576. The van der Waals surface area contributed by atoms with Crippen molar-refractivity contribution >= 4 is 55.0 Å². The molecule has 0 fully saturated rings. The lowest BCUT2D eigenvalue weighted by atomic mass is 9.97. The summed E-state index contributed by atoms with van der Waals surface area (Å²) in [5.41, 5.74) is 2.60. The monoisotopic (exact) mass is 488 g/mol. The van der Waals surface area contributed by atoms with Crippen molar-refractivity contribution < 1.29 is 9.59 Å². The minimum Gasteiger partial charge on any atom is -0.345 e. The molecular weight excluding hydrogens is 468 g/mol. The maximum Gasteiger partial charge on any atom is 0.262 e. The minimum atomic E-state index is -0.416. The number of aryl methyl sites for hydroxylation is 3. The van der Waals surface area contributed by atoms with Crippen molar-refractivity contribution in [2.24, 2.45) is 0 Å². The molecule has 3 aromatic rings. The molecule has 0 aliphatic heterocycles. The second kappa shape index (κ2) is 8.69. The molecule has 9 heteroatoms. The number of carbonyl (C=O) groups excluding carboxylic acids is 2. The SMILES string of the molecule is Cc1ccc(NC(=O)CNC(=O)Cn2cnc3sc4c(c3c2=O)CCCC4)c(Br)c1. The van der Waals surface area contributed by atoms with Crippen molar-refractivity contribution in [1.29, 1.82) is 0 Å². The number of amides is 2. The van der Waals surface area contributed by atoms with Gasteiger partial charge >= 0.3 is 0 Å². The van der Waals surface area contributed by atoms with Crippen LogP contribution < -0.4 is 16.2 Å². The maximum atomic E-state index is 12.9. The number of nitrogens with zero attached hydrogens (tertiary/aromatic N) is 2. The highest BCUT2D eigenvalue weighted by molar-refractivity contribution is 9.10. The number of fused-ring (bicyclic) bond motifs is 3. The van der Waals surface area contributed by atoms with Gasteiger partial charge in [0.2, 0.25) is 11.8 Å². The van der Waals surface area contributed by atoms with Crippen LogP contribution in [0.1, 0.15) is 28.8 Å². The fourth-order valence-electron chi connectivity index (χ4n) is 3.60. The topological polar surface area (TPSA) is 93.1 Å². The number of hydrogen-bond donors (Lipinski definition) is 2. The lowest BCUT2D eigenvalue weighted by Gasteiger charge is -2.11. The third-order valence-electron chi connectivity index (χ3n) is 5.10. The Kier molecular flexibility index (Phi) is 6.01. The van der Waals surface area contributed by atoms with E-state index in [9.17, 15) is 14.4 Å². The Morgan fingerprint density at radius 1 is 1.23 bits per heavy atom. The highest BCUT2D eigenvalue weighted by Gasteiger charge is 2.20. The fraction of sp³-hybridized carbons (Fsp3) is 0.333. The van der Waals surface area contributed by atoms with E-state index in [0.29, 0.717) is 11.1 Å². The number of nitrogens with one attached hydrogen (secondary N) is 2. The number of benzene rings is 1. The van der Waals surface area contributed by atoms with E-state index in [1.807, 2.05) is 19.1 Å². The second-order valence-corrected chi connectivity index (χ2v) is 9.31. The molecule has 2 heterocycles. The van der Waals surface area contributed by atoms with Crippen LogP contribution in [0, 0.1) is 6.92 Å². The van der Waals surface area contributed by atoms with Crippen molar-refractivity contribution in [3.8, 4) is 0 Å². The lowest BCUT2D eigenvalue weighted by Crippen LogP contribution is -2.37. The molecular formula is C21H21BrN4O3S. The Bertz CT molecular complexity index is 1200. The van der Waals surface area contributed by atoms with E-state index < -0.39 is 5.91 Å². The zero-order valence-electron chi connectivity index (χ0n) is 16.5. The number of hydrogen-bond acceptors (Lipinski definition) is 5. The zero-order valence-corrected chi connectivity index (χ0v) is 18.9. The Morgan fingerprint density at radius 2 is 2.03 bits per heavy atom. The van der Waals surface area contributed by atoms with Gasteiger partial charge in [0.05, 0.1) is 23.9 Å². The largest absolute Gasteiger partial charge is 0.345 e. The Labute approximate surface area is 185 Å². The van der Waals surface area contributed by atoms with Crippen molar-refractivity contribution in [1.82, 2.24) is 14.9 Å². The number of halogens is 1. The van der Waals surface area contributed by atoms with Crippen LogP contribution in [0.2, 0.25) is 0 Å². The van der Waals surface area contributed by atoms with Crippen LogP contribution in [0.4, 0.5) is 5.69 Å². The summed E-state index contributed by atoms with van der Waals surface area (Å²) >= 11 is 4.98. The molecule has 0 spiro atoms. The number of carbonyl (C=O) groups is 2. The molecule has 7 nitrogen and oxygen atoms in total. The Balaban J connectivity index is 1.40. The van der Waals surface area contributed by atoms with Gasteiger partial charge in [-0.1, -0.05) is 6.07 Å². The summed E-state index contributed by atoms with van der Waals surface area (Å²) in [5, 5.41) is 5.95. The van der Waals surface area contributed by atoms with Crippen LogP contribution >= 0.6 is 27.3 Å². The molecule has 0 unspecified atom stereocenters. The van der Waals surface area contributed by atoms with Crippen LogP contribution in [0.3, 0.4) is 0 Å². The molecule has 0 atom stereocenters. The van der Waals surface area contributed by atoms with E-state index in [0.717, 1.165) is 46.1 Å². The van der Waals surface area contributed by atoms with Crippen LogP contribution in [0.5, 0.6) is 0 Å². The van der Waals surface area contributed by atoms with Gasteiger partial charge in [0, 0.05) is 9.35 Å². The third-order valence-corrected chi connectivity index (χ3v) is 6.96. The molecule has 2 N–H and O–H groups in total. The van der Waals surface area contributed by atoms with Gasteiger partial charge in [-0.05, 0) is 71.8 Å². The molecule has 1 aliphatic carbocycles. The van der Waals surface area contributed by atoms with E-state index in [1.165, 1.54) is 15.8 Å². The average molecular weight is 489 g/mol. The molecule has 2 amide bonds. The predicted octanol–water partition coefficient (Wildman–Crippen LogP) is 3.16. The van der Waals surface area contributed by atoms with Gasteiger partial charge in [-0.2, -0.15) is 0 Å². The lowest BCUT2D eigenvalue weighted by molar-refractivity contribution is -0.124. The molecule has 4 rings (SSSR count). The molecule has 1 aromatic carbocycles. The van der Waals surface area contributed by atoms with E-state index >= 15 is 0 Å². The van der Waals surface area contributed by atoms with Crippen molar-refractivity contribution in [3.05, 3.63) is 55.4 Å². The van der Waals surface area contributed by atoms with Gasteiger partial charge in [-0.15, -0.1) is 11.3 Å². The van der Waals surface area contributed by atoms with Crippen LogP contribution in [0.15, 0.2) is 33.8 Å². The summed E-state index contributed by atoms with van der Waals surface area (Å²) in [6.45, 7) is 1.60. The van der Waals surface area contributed by atoms with Gasteiger partial charge in [-0.25, -0.2) is 4.98 Å². The molecule has 1 aliphatic rings. The van der Waals surface area contributed by atoms with Crippen LogP contribution in [-0.2, 0) is 29.0 Å². The molecule has 156 valence electrons. The first-order valence-corrected chi connectivity index (χ1v) is 11.4. The number of thiophene rings is 1. The first-order valence-electron chi connectivity index (χ1n) is 9.75. The van der Waals surface area contributed by atoms with Crippen molar-refractivity contribution in [2.75, 3.05) is 11.9 Å². The summed E-state index contributed by atoms with van der Waals surface area (Å²) in [4.78, 5) is 43.7. The first-order chi connectivity index (χ1) is 14.4. The molecule has 0 bridgehead atoms. The van der Waals surface area contributed by atoms with Gasteiger partial charge < -0.3 is 10.6 Å². The summed E-state index contributed by atoms with van der Waals surface area (Å²) in [6, 6.07) is 5.58. The molecule has 0 saturated heterocycles. The Hall–Kier alpha value is -2.52. The molecule has 30 heavy (non-hydrogen) atoms. The first kappa shape index (κ1) is 20.7. The summed E-state index contributed by atoms with van der Waals surface area (Å²) in [6.07, 6.45) is 5.49. The van der Waals surface area contributed by atoms with Gasteiger partial charge in [0.1, 0.15) is 11.4 Å². The number of aromatic nitrogens is 2. The highest BCUT2D eigenvalue weighted by Crippen LogP contribution is 2.33. The van der Waals surface area contributed by atoms with Crippen molar-refractivity contribution in [3.63, 3.8) is 0 Å². The molecule has 0 saturated carbocycles. The normalized spacial score (nSPS) is 13.1. The maximum absolute atomic E-state index is 12.9. The zero-order chi connectivity index (χ0) is 21.3. The molecule has 2 aromatic heterocycles. The van der Waals surface area contributed by atoms with Crippen LogP contribution in [0.25, 0.3) is 10.2 Å². The summed E-state index contributed by atoms with van der Waals surface area (Å²) in [5.74, 6) is -0.763. The standard InChI is InChI=1S/C21H21BrN4O3S/c1-12-6-7-15(14(22)8-12)25-17(27)9-23-18(28)10-26-11-24-20-19(21(26)29)13-4-2-3-5-16(13)30-20/h6-8,11H,2-5,9-10H2,1H3,(H,23,28)(H,25,27). The summed E-state index contributed by atoms with van der Waals surface area (Å²) < 4.78 is 2.08. The highest BCUT2D eigenvalue weighted by atomic mass is 79.9.